The van der Waals surface area contributed by atoms with E-state index in [0.717, 1.165) is 24.3 Å². The summed E-state index contributed by atoms with van der Waals surface area (Å²) < 4.78 is 13.4. The lowest BCUT2D eigenvalue weighted by atomic mass is 9.94. The Kier molecular flexibility index (Phi) is 5.91. The minimum atomic E-state index is -0.424. The second-order valence-electron chi connectivity index (χ2n) is 5.44. The Morgan fingerprint density at radius 2 is 2.10 bits per heavy atom. The first-order valence-electron chi connectivity index (χ1n) is 7.59. The molecule has 2 rings (SSSR count). The number of hydrogen-bond acceptors (Lipinski definition) is 3. The number of nitrogens with two attached hydrogens (primary N) is 1. The lowest BCUT2D eigenvalue weighted by Crippen LogP contribution is -2.42. The molecular weight excluding hydrogens is 287 g/mol. The molecule has 1 saturated carbocycles. The zero-order valence-electron chi connectivity index (χ0n) is 12.5. The molecule has 1 aliphatic carbocycles. The maximum atomic E-state index is 13.4. The molecule has 0 saturated heterocycles. The largest absolute Gasteiger partial charge is 0.396 e. The summed E-state index contributed by atoms with van der Waals surface area (Å²) in [6.07, 6.45) is 5.93. The van der Waals surface area contributed by atoms with Gasteiger partial charge in [0, 0.05) is 17.5 Å². The standard InChI is InChI=1S/C16H23FN2OS/c1-2-19(12-6-4-3-5-7-12)16(20)11-21-13-8-9-15(18)14(17)10-13/h8-10,12H,2-7,11,18H2,1H3. The van der Waals surface area contributed by atoms with Gasteiger partial charge in [0.1, 0.15) is 5.82 Å². The Morgan fingerprint density at radius 3 is 2.71 bits per heavy atom. The number of nitrogens with zero attached hydrogens (tertiary/aromatic N) is 1. The number of carbonyl (C=O) groups is 1. The van der Waals surface area contributed by atoms with E-state index in [1.54, 1.807) is 12.1 Å². The lowest BCUT2D eigenvalue weighted by Gasteiger charge is -2.33. The fourth-order valence-corrected chi connectivity index (χ4v) is 3.66. The van der Waals surface area contributed by atoms with E-state index in [-0.39, 0.29) is 11.6 Å². The minimum absolute atomic E-state index is 0.142. The molecular formula is C16H23FN2OS. The van der Waals surface area contributed by atoms with Gasteiger partial charge in [0.25, 0.3) is 0 Å². The Hall–Kier alpha value is -1.23. The van der Waals surface area contributed by atoms with Crippen LogP contribution in [0, 0.1) is 5.82 Å². The highest BCUT2D eigenvalue weighted by Crippen LogP contribution is 2.25. The average Bonchev–Trinajstić information content (AvgIpc) is 2.50. The van der Waals surface area contributed by atoms with E-state index < -0.39 is 5.82 Å². The Balaban J connectivity index is 1.91. The third kappa shape index (κ3) is 4.37. The van der Waals surface area contributed by atoms with Gasteiger partial charge in [0.15, 0.2) is 0 Å². The zero-order valence-corrected chi connectivity index (χ0v) is 13.3. The third-order valence-corrected chi connectivity index (χ3v) is 4.99. The minimum Gasteiger partial charge on any atom is -0.396 e. The average molecular weight is 310 g/mol. The molecule has 1 aromatic carbocycles. The highest BCUT2D eigenvalue weighted by Gasteiger charge is 2.23. The number of thioether (sulfide) groups is 1. The third-order valence-electron chi connectivity index (χ3n) is 4.01. The van der Waals surface area contributed by atoms with Gasteiger partial charge in [-0.2, -0.15) is 0 Å². The molecule has 1 amide bonds. The van der Waals surface area contributed by atoms with Gasteiger partial charge in [0.05, 0.1) is 11.4 Å². The summed E-state index contributed by atoms with van der Waals surface area (Å²) in [5, 5.41) is 0. The first-order valence-corrected chi connectivity index (χ1v) is 8.57. The second-order valence-corrected chi connectivity index (χ2v) is 6.49. The molecule has 3 nitrogen and oxygen atoms in total. The van der Waals surface area contributed by atoms with E-state index in [2.05, 4.69) is 0 Å². The summed E-state index contributed by atoms with van der Waals surface area (Å²) in [6.45, 7) is 2.78. The first-order chi connectivity index (χ1) is 10.1. The van der Waals surface area contributed by atoms with Gasteiger partial charge < -0.3 is 10.6 Å². The summed E-state index contributed by atoms with van der Waals surface area (Å²) in [7, 11) is 0. The van der Waals surface area contributed by atoms with E-state index in [1.165, 1.54) is 37.1 Å². The number of hydrogen-bond donors (Lipinski definition) is 1. The van der Waals surface area contributed by atoms with Gasteiger partial charge in [-0.05, 0) is 38.0 Å². The van der Waals surface area contributed by atoms with Crippen LogP contribution in [0.3, 0.4) is 0 Å². The molecule has 21 heavy (non-hydrogen) atoms. The van der Waals surface area contributed by atoms with Gasteiger partial charge in [-0.3, -0.25) is 4.79 Å². The molecule has 0 heterocycles. The summed E-state index contributed by atoms with van der Waals surface area (Å²) in [5.41, 5.74) is 5.59. The number of anilines is 1. The smallest absolute Gasteiger partial charge is 0.233 e. The fourth-order valence-electron chi connectivity index (χ4n) is 2.86. The molecule has 2 N–H and O–H groups in total. The van der Waals surface area contributed by atoms with E-state index in [4.69, 9.17) is 5.73 Å². The van der Waals surface area contributed by atoms with Crippen LogP contribution in [0.1, 0.15) is 39.0 Å². The number of benzene rings is 1. The van der Waals surface area contributed by atoms with Crippen molar-refractivity contribution in [2.24, 2.45) is 0 Å². The van der Waals surface area contributed by atoms with Crippen LogP contribution in [-0.2, 0) is 4.79 Å². The van der Waals surface area contributed by atoms with Gasteiger partial charge in [0.2, 0.25) is 5.91 Å². The molecule has 1 aromatic rings. The number of rotatable bonds is 5. The van der Waals surface area contributed by atoms with Crippen LogP contribution < -0.4 is 5.73 Å². The van der Waals surface area contributed by atoms with Crippen molar-refractivity contribution in [3.8, 4) is 0 Å². The van der Waals surface area contributed by atoms with Crippen LogP contribution in [-0.4, -0.2) is 29.1 Å². The van der Waals surface area contributed by atoms with Crippen molar-refractivity contribution in [2.45, 2.75) is 50.0 Å². The molecule has 0 aliphatic heterocycles. The van der Waals surface area contributed by atoms with Gasteiger partial charge >= 0.3 is 0 Å². The normalized spacial score (nSPS) is 15.9. The maximum absolute atomic E-state index is 13.4. The van der Waals surface area contributed by atoms with Crippen LogP contribution in [0.5, 0.6) is 0 Å². The topological polar surface area (TPSA) is 46.3 Å². The monoisotopic (exact) mass is 310 g/mol. The van der Waals surface area contributed by atoms with Crippen LogP contribution in [0.2, 0.25) is 0 Å². The lowest BCUT2D eigenvalue weighted by molar-refractivity contribution is -0.131. The predicted molar refractivity (Wildman–Crippen MR) is 85.8 cm³/mol. The van der Waals surface area contributed by atoms with E-state index in [0.29, 0.717) is 11.8 Å². The number of nitrogen functional groups attached to an aromatic ring is 1. The van der Waals surface area contributed by atoms with Crippen LogP contribution in [0.4, 0.5) is 10.1 Å². The molecule has 116 valence electrons. The number of carbonyl (C=O) groups excluding carboxylic acids is 1. The summed E-state index contributed by atoms with van der Waals surface area (Å²) in [5.74, 6) is 0.0759. The van der Waals surface area contributed by atoms with Crippen LogP contribution in [0.15, 0.2) is 23.1 Å². The molecule has 5 heteroatoms. The molecule has 1 aliphatic rings. The molecule has 0 bridgehead atoms. The highest BCUT2D eigenvalue weighted by molar-refractivity contribution is 8.00. The predicted octanol–water partition coefficient (Wildman–Crippen LogP) is 3.68. The van der Waals surface area contributed by atoms with Gasteiger partial charge in [-0.1, -0.05) is 19.3 Å². The van der Waals surface area contributed by atoms with Crippen molar-refractivity contribution in [3.05, 3.63) is 24.0 Å². The summed E-state index contributed by atoms with van der Waals surface area (Å²) in [4.78, 5) is 15.1. The quantitative estimate of drug-likeness (QED) is 0.666. The van der Waals surface area contributed by atoms with Crippen LogP contribution in [0.25, 0.3) is 0 Å². The molecule has 0 atom stereocenters. The van der Waals surface area contributed by atoms with Crippen molar-refractivity contribution in [2.75, 3.05) is 18.0 Å². The molecule has 0 unspecified atom stereocenters. The van der Waals surface area contributed by atoms with E-state index >= 15 is 0 Å². The van der Waals surface area contributed by atoms with E-state index in [9.17, 15) is 9.18 Å². The molecule has 0 aromatic heterocycles. The number of amides is 1. The van der Waals surface area contributed by atoms with Crippen molar-refractivity contribution in [3.63, 3.8) is 0 Å². The number of halogens is 1. The second kappa shape index (κ2) is 7.69. The zero-order chi connectivity index (χ0) is 15.2. The van der Waals surface area contributed by atoms with Gasteiger partial charge in [-0.15, -0.1) is 11.8 Å². The molecule has 0 radical (unpaired) electrons. The Bertz CT molecular complexity index is 489. The summed E-state index contributed by atoms with van der Waals surface area (Å²) >= 11 is 1.37. The van der Waals surface area contributed by atoms with Crippen molar-refractivity contribution in [1.29, 1.82) is 0 Å². The van der Waals surface area contributed by atoms with Crippen molar-refractivity contribution >= 4 is 23.4 Å². The SMILES string of the molecule is CCN(C(=O)CSc1ccc(N)c(F)c1)C1CCCCC1. The van der Waals surface area contributed by atoms with Crippen molar-refractivity contribution < 1.29 is 9.18 Å². The Morgan fingerprint density at radius 1 is 1.38 bits per heavy atom. The van der Waals surface area contributed by atoms with E-state index in [1.807, 2.05) is 11.8 Å². The van der Waals surface area contributed by atoms with Crippen molar-refractivity contribution in [1.82, 2.24) is 4.90 Å². The molecule has 0 spiro atoms. The Labute approximate surface area is 130 Å². The fraction of sp³-hybridized carbons (Fsp3) is 0.562. The van der Waals surface area contributed by atoms with Gasteiger partial charge in [-0.25, -0.2) is 4.39 Å². The highest BCUT2D eigenvalue weighted by atomic mass is 32.2. The summed E-state index contributed by atoms with van der Waals surface area (Å²) in [6, 6.07) is 5.08. The van der Waals surface area contributed by atoms with Crippen LogP contribution >= 0.6 is 11.8 Å². The maximum Gasteiger partial charge on any atom is 0.233 e. The first kappa shape index (κ1) is 16.1. The molecule has 1 fully saturated rings.